The van der Waals surface area contributed by atoms with Gasteiger partial charge in [-0.15, -0.1) is 0 Å². The normalized spacial score (nSPS) is 11.2. The molecule has 3 N–H and O–H groups in total. The molecule has 0 saturated carbocycles. The molecule has 0 spiro atoms. The summed E-state index contributed by atoms with van der Waals surface area (Å²) in [4.78, 5) is 33.8. The molecule has 0 bridgehead atoms. The van der Waals surface area contributed by atoms with E-state index in [1.54, 1.807) is 61.3 Å². The second-order valence-electron chi connectivity index (χ2n) is 9.12. The van der Waals surface area contributed by atoms with E-state index in [9.17, 15) is 9.18 Å². The van der Waals surface area contributed by atoms with Crippen molar-refractivity contribution in [2.75, 3.05) is 5.32 Å². The summed E-state index contributed by atoms with van der Waals surface area (Å²) in [7, 11) is 0. The molecule has 0 fully saturated rings. The maximum atomic E-state index is 14.6. The van der Waals surface area contributed by atoms with Gasteiger partial charge in [0, 0.05) is 40.0 Å². The third-order valence-corrected chi connectivity index (χ3v) is 6.56. The number of imidazole rings is 1. The average molecular weight is 527 g/mol. The number of hydrogen-bond acceptors (Lipinski definition) is 6. The molecule has 9 nitrogen and oxygen atoms in total. The number of aromatic nitrogens is 7. The minimum absolute atomic E-state index is 0.228. The first-order chi connectivity index (χ1) is 19.6. The zero-order valence-electron chi connectivity index (χ0n) is 20.8. The van der Waals surface area contributed by atoms with Crippen LogP contribution >= 0.6 is 0 Å². The quantitative estimate of drug-likeness (QED) is 0.252. The van der Waals surface area contributed by atoms with Crippen molar-refractivity contribution in [1.29, 1.82) is 0 Å². The second kappa shape index (κ2) is 9.52. The van der Waals surface area contributed by atoms with Crippen LogP contribution in [0.4, 0.5) is 10.1 Å². The molecule has 7 aromatic rings. The van der Waals surface area contributed by atoms with Gasteiger partial charge in [0.15, 0.2) is 5.82 Å². The zero-order chi connectivity index (χ0) is 27.1. The van der Waals surface area contributed by atoms with Gasteiger partial charge in [0.2, 0.25) is 0 Å². The van der Waals surface area contributed by atoms with Crippen molar-refractivity contribution in [2.24, 2.45) is 0 Å². The fraction of sp³-hybridized carbons (Fsp3) is 0. The molecule has 0 aliphatic heterocycles. The summed E-state index contributed by atoms with van der Waals surface area (Å²) in [6.45, 7) is 0. The number of benzene rings is 2. The number of halogens is 1. The lowest BCUT2D eigenvalue weighted by Gasteiger charge is -2.07. The summed E-state index contributed by atoms with van der Waals surface area (Å²) >= 11 is 0. The van der Waals surface area contributed by atoms with Gasteiger partial charge in [-0.3, -0.25) is 24.8 Å². The van der Waals surface area contributed by atoms with E-state index < -0.39 is 0 Å². The number of hydrogen-bond donors (Lipinski definition) is 3. The third kappa shape index (κ3) is 4.13. The summed E-state index contributed by atoms with van der Waals surface area (Å²) in [5, 5.41) is 11.1. The molecule has 5 aromatic heterocycles. The van der Waals surface area contributed by atoms with E-state index in [-0.39, 0.29) is 11.7 Å². The molecule has 7 rings (SSSR count). The number of H-pyrrole nitrogens is 2. The molecule has 0 aliphatic rings. The van der Waals surface area contributed by atoms with Crippen LogP contribution in [-0.4, -0.2) is 41.0 Å². The zero-order valence-corrected chi connectivity index (χ0v) is 20.8. The Morgan fingerprint density at radius 3 is 2.52 bits per heavy atom. The van der Waals surface area contributed by atoms with Gasteiger partial charge in [-0.1, -0.05) is 36.4 Å². The van der Waals surface area contributed by atoms with E-state index in [4.69, 9.17) is 4.98 Å². The smallest absolute Gasteiger partial charge is 0.255 e. The van der Waals surface area contributed by atoms with Crippen molar-refractivity contribution in [3.05, 3.63) is 109 Å². The molecule has 0 unspecified atom stereocenters. The Hall–Kier alpha value is -5.77. The number of nitrogens with zero attached hydrogens (tertiary/aromatic N) is 5. The first-order valence-electron chi connectivity index (χ1n) is 12.4. The first kappa shape index (κ1) is 23.4. The summed E-state index contributed by atoms with van der Waals surface area (Å²) in [5.74, 6) is -0.0710. The number of fused-ring (bicyclic) bond motifs is 2. The summed E-state index contributed by atoms with van der Waals surface area (Å²) in [6, 6.07) is 19.2. The van der Waals surface area contributed by atoms with E-state index in [2.05, 4.69) is 35.5 Å². The van der Waals surface area contributed by atoms with Crippen LogP contribution in [0.15, 0.2) is 97.7 Å². The predicted octanol–water partition coefficient (Wildman–Crippen LogP) is 6.02. The average Bonchev–Trinajstić information content (AvgIpc) is 3.62. The highest BCUT2D eigenvalue weighted by Gasteiger charge is 2.18. The van der Waals surface area contributed by atoms with Gasteiger partial charge in [-0.2, -0.15) is 5.10 Å². The monoisotopic (exact) mass is 526 g/mol. The molecule has 0 saturated heterocycles. The lowest BCUT2D eigenvalue weighted by molar-refractivity contribution is 0.102. The predicted molar refractivity (Wildman–Crippen MR) is 150 cm³/mol. The van der Waals surface area contributed by atoms with E-state index in [0.717, 1.165) is 10.9 Å². The molecule has 192 valence electrons. The summed E-state index contributed by atoms with van der Waals surface area (Å²) in [5.41, 5.74) is 6.01. The van der Waals surface area contributed by atoms with Gasteiger partial charge in [-0.25, -0.2) is 9.37 Å². The molecule has 1 amide bonds. The highest BCUT2D eigenvalue weighted by atomic mass is 19.1. The van der Waals surface area contributed by atoms with Crippen molar-refractivity contribution >= 4 is 33.5 Å². The van der Waals surface area contributed by atoms with E-state index in [1.807, 2.05) is 30.3 Å². The van der Waals surface area contributed by atoms with Gasteiger partial charge in [0.05, 0.1) is 41.0 Å². The van der Waals surface area contributed by atoms with Crippen LogP contribution in [0.3, 0.4) is 0 Å². The van der Waals surface area contributed by atoms with Gasteiger partial charge in [-0.05, 0) is 30.3 Å². The van der Waals surface area contributed by atoms with Crippen LogP contribution < -0.4 is 5.32 Å². The Morgan fingerprint density at radius 2 is 1.65 bits per heavy atom. The summed E-state index contributed by atoms with van der Waals surface area (Å²) in [6.07, 6.45) is 8.21. The van der Waals surface area contributed by atoms with Crippen LogP contribution in [0.25, 0.3) is 55.8 Å². The van der Waals surface area contributed by atoms with Crippen molar-refractivity contribution in [3.8, 4) is 33.9 Å². The number of anilines is 1. The van der Waals surface area contributed by atoms with Crippen LogP contribution in [0.5, 0.6) is 0 Å². The standard InChI is InChI=1S/C30H19FN8O/c31-23-9-5-4-8-20(23)22-14-33-15-26-27(22)37-29(36-26)28-21-11-24(34-16-25(21)38-39-28)18-10-19(13-32-12-18)35-30(40)17-6-2-1-3-7-17/h1-16H,(H,35,40)(H,36,37)(H,38,39). The van der Waals surface area contributed by atoms with Crippen molar-refractivity contribution in [1.82, 2.24) is 35.1 Å². The topological polar surface area (TPSA) is 125 Å². The number of nitrogens with one attached hydrogen (secondary N) is 3. The van der Waals surface area contributed by atoms with Crippen LogP contribution in [-0.2, 0) is 0 Å². The molecule has 0 radical (unpaired) electrons. The first-order valence-corrected chi connectivity index (χ1v) is 12.4. The van der Waals surface area contributed by atoms with E-state index >= 15 is 0 Å². The van der Waals surface area contributed by atoms with Gasteiger partial charge >= 0.3 is 0 Å². The Bertz CT molecular complexity index is 2030. The molecule has 40 heavy (non-hydrogen) atoms. The van der Waals surface area contributed by atoms with Gasteiger partial charge in [0.1, 0.15) is 17.0 Å². The minimum atomic E-state index is -0.349. The van der Waals surface area contributed by atoms with Crippen LogP contribution in [0, 0.1) is 5.82 Å². The van der Waals surface area contributed by atoms with Crippen LogP contribution in [0.1, 0.15) is 10.4 Å². The van der Waals surface area contributed by atoms with E-state index in [0.29, 0.717) is 56.1 Å². The molecular weight excluding hydrogens is 507 g/mol. The number of amides is 1. The van der Waals surface area contributed by atoms with Crippen LogP contribution in [0.2, 0.25) is 0 Å². The number of rotatable bonds is 5. The van der Waals surface area contributed by atoms with Gasteiger partial charge < -0.3 is 10.3 Å². The molecule has 0 atom stereocenters. The molecular formula is C30H19FN8O. The van der Waals surface area contributed by atoms with E-state index in [1.165, 1.54) is 6.07 Å². The number of pyridine rings is 3. The Balaban J connectivity index is 1.26. The van der Waals surface area contributed by atoms with Crippen molar-refractivity contribution in [2.45, 2.75) is 0 Å². The minimum Gasteiger partial charge on any atom is -0.335 e. The number of aromatic amines is 2. The highest BCUT2D eigenvalue weighted by molar-refractivity contribution is 6.04. The molecule has 2 aromatic carbocycles. The lowest BCUT2D eigenvalue weighted by Crippen LogP contribution is -2.11. The molecule has 0 aliphatic carbocycles. The lowest BCUT2D eigenvalue weighted by atomic mass is 10.1. The van der Waals surface area contributed by atoms with Gasteiger partial charge in [0.25, 0.3) is 5.91 Å². The second-order valence-corrected chi connectivity index (χ2v) is 9.12. The Labute approximate surface area is 226 Å². The summed E-state index contributed by atoms with van der Waals surface area (Å²) < 4.78 is 14.6. The number of carbonyl (C=O) groups is 1. The maximum Gasteiger partial charge on any atom is 0.255 e. The SMILES string of the molecule is O=C(Nc1cncc(-c2cc3c(-c4nc5c(-c6ccccc6F)cncc5[nH]4)n[nH]c3cn2)c1)c1ccccc1. The fourth-order valence-electron chi connectivity index (χ4n) is 4.62. The molecule has 10 heteroatoms. The third-order valence-electron chi connectivity index (χ3n) is 6.56. The molecule has 5 heterocycles. The maximum absolute atomic E-state index is 14.6. The van der Waals surface area contributed by atoms with Crippen molar-refractivity contribution in [3.63, 3.8) is 0 Å². The Morgan fingerprint density at radius 1 is 0.825 bits per heavy atom. The highest BCUT2D eigenvalue weighted by Crippen LogP contribution is 2.33. The number of carbonyl (C=O) groups excluding carboxylic acids is 1. The largest absolute Gasteiger partial charge is 0.335 e. The fourth-order valence-corrected chi connectivity index (χ4v) is 4.62. The van der Waals surface area contributed by atoms with Crippen molar-refractivity contribution < 1.29 is 9.18 Å². The Kier molecular flexibility index (Phi) is 5.56.